The number of hydrogen-bond donors (Lipinski definition) is 1. The van der Waals surface area contributed by atoms with Crippen LogP contribution >= 0.6 is 0 Å². The Kier molecular flexibility index (Phi) is 10.3. The van der Waals surface area contributed by atoms with Gasteiger partial charge in [0, 0.05) is 0 Å². The third-order valence-electron chi connectivity index (χ3n) is 0.151. The van der Waals surface area contributed by atoms with Crippen LogP contribution in [0.5, 0.6) is 0 Å². The van der Waals surface area contributed by atoms with Gasteiger partial charge in [0.1, 0.15) is 0 Å². The van der Waals surface area contributed by atoms with E-state index < -0.39 is 5.97 Å². The van der Waals surface area contributed by atoms with Crippen molar-refractivity contribution in [3.63, 3.8) is 0 Å². The van der Waals surface area contributed by atoms with Crippen LogP contribution in [0.15, 0.2) is 0 Å². The van der Waals surface area contributed by atoms with Crippen molar-refractivity contribution in [3.8, 4) is 0 Å². The Hall–Kier alpha value is 1.11. The molecule has 0 bridgehead atoms. The zero-order valence-electron chi connectivity index (χ0n) is 3.27. The van der Waals surface area contributed by atoms with Crippen molar-refractivity contribution in [3.05, 3.63) is 0 Å². The average molecular weight is 316 g/mol. The zero-order chi connectivity index (χ0) is 4.28. The molecule has 0 spiro atoms. The molecule has 0 aromatic carbocycles. The van der Waals surface area contributed by atoms with Crippen LogP contribution in [0, 0.1) is 0 Å². The summed E-state index contributed by atoms with van der Waals surface area (Å²) in [5.74, 6) is -0.745. The molecule has 2 nitrogen and oxygen atoms in total. The van der Waals surface area contributed by atoms with Crippen LogP contribution in [0.25, 0.3) is 0 Å². The molecule has 0 heterocycles. The van der Waals surface area contributed by atoms with E-state index in [2.05, 4.69) is 0 Å². The van der Waals surface area contributed by atoms with Crippen molar-refractivity contribution in [2.45, 2.75) is 4.73 Å². The van der Waals surface area contributed by atoms with Crippen molar-refractivity contribution < 1.29 is 30.3 Å². The van der Waals surface area contributed by atoms with Crippen molar-refractivity contribution >= 4 is 33.3 Å². The summed E-state index contributed by atoms with van der Waals surface area (Å²) in [5, 5.41) is 7.72. The molecule has 0 saturated heterocycles. The minimum absolute atomic E-state index is 0. The van der Waals surface area contributed by atoms with Gasteiger partial charge >= 0.3 is 68.3 Å². The van der Waals surface area contributed by atoms with Crippen LogP contribution < -0.4 is 0 Å². The second-order valence-electron chi connectivity index (χ2n) is 0.571. The van der Waals surface area contributed by atoms with E-state index in [0.29, 0.717) is 0 Å². The third kappa shape index (κ3) is 8.92. The van der Waals surface area contributed by atoms with E-state index in [1.54, 1.807) is 20.4 Å². The van der Waals surface area contributed by atoms with Gasteiger partial charge in [0.2, 0.25) is 0 Å². The Bertz CT molecular complexity index is 46.8. The molecule has 4 heteroatoms. The first-order chi connectivity index (χ1) is 2.27. The van der Waals surface area contributed by atoms with Gasteiger partial charge in [0.15, 0.2) is 0 Å². The van der Waals surface area contributed by atoms with Crippen molar-refractivity contribution in [2.75, 3.05) is 0 Å². The van der Waals surface area contributed by atoms with E-state index in [0.717, 1.165) is 0 Å². The standard InChI is InChI=1S/C2H3O2.Pb.Ti.2H/c1-2(3)4;;;;/h1H2,(H,3,4);;;;. The van der Waals surface area contributed by atoms with Crippen molar-refractivity contribution in [2.24, 2.45) is 0 Å². The van der Waals surface area contributed by atoms with Gasteiger partial charge in [-0.2, -0.15) is 0 Å². The van der Waals surface area contributed by atoms with E-state index in [1.165, 1.54) is 0 Å². The summed E-state index contributed by atoms with van der Waals surface area (Å²) in [6.45, 7) is 0. The fourth-order valence-corrected chi connectivity index (χ4v) is 0. The first-order valence-corrected chi connectivity index (χ1v) is 2.24. The van der Waals surface area contributed by atoms with Gasteiger partial charge in [-0.3, -0.25) is 0 Å². The fourth-order valence-electron chi connectivity index (χ4n) is 0. The summed E-state index contributed by atoms with van der Waals surface area (Å²) in [6, 6.07) is 0. The Morgan fingerprint density at radius 2 is 2.00 bits per heavy atom. The topological polar surface area (TPSA) is 37.3 Å². The second kappa shape index (κ2) is 6.11. The molecule has 0 atom stereocenters. The first kappa shape index (κ1) is 10.2. The second-order valence-corrected chi connectivity index (χ2v) is 1.12. The molecule has 0 aromatic heterocycles. The van der Waals surface area contributed by atoms with Gasteiger partial charge in [-0.25, -0.2) is 0 Å². The molecule has 0 aliphatic rings. The van der Waals surface area contributed by atoms with Gasteiger partial charge in [0.25, 0.3) is 0 Å². The third-order valence-corrected chi connectivity index (χ3v) is 0.624. The minimum atomic E-state index is -0.745. The number of carboxylic acid groups (broad SMARTS) is 1. The average Bonchev–Trinajstić information content (AvgIpc) is 1.38. The molecule has 0 aliphatic carbocycles. The molecule has 6 heavy (non-hydrogen) atoms. The van der Waals surface area contributed by atoms with Crippen LogP contribution in [-0.2, 0) is 25.2 Å². The van der Waals surface area contributed by atoms with Gasteiger partial charge in [0.05, 0.1) is 0 Å². The van der Waals surface area contributed by atoms with Gasteiger partial charge < -0.3 is 0 Å². The van der Waals surface area contributed by atoms with E-state index >= 15 is 0 Å². The molecule has 33 valence electrons. The summed E-state index contributed by atoms with van der Waals surface area (Å²) in [7, 11) is 0. The maximum absolute atomic E-state index is 9.37. The number of rotatable bonds is 1. The normalized spacial score (nSPS) is 5.83. The van der Waals surface area contributed by atoms with E-state index in [9.17, 15) is 4.79 Å². The van der Waals surface area contributed by atoms with Gasteiger partial charge in [-0.15, -0.1) is 0 Å². The van der Waals surface area contributed by atoms with Crippen LogP contribution in [-0.4, -0.2) is 38.4 Å². The predicted octanol–water partition coefficient (Wildman–Crippen LogP) is -0.880. The summed E-state index contributed by atoms with van der Waals surface area (Å²) < 4.78 is 0.222. The number of aliphatic carboxylic acids is 1. The summed E-state index contributed by atoms with van der Waals surface area (Å²) in [6.07, 6.45) is 0. The molecule has 0 rings (SSSR count). The predicted molar refractivity (Wildman–Crippen MR) is 21.0 cm³/mol. The van der Waals surface area contributed by atoms with Crippen molar-refractivity contribution in [1.82, 2.24) is 0 Å². The molecule has 0 amide bonds. The molecule has 0 fully saturated rings. The summed E-state index contributed by atoms with van der Waals surface area (Å²) >= 11 is 1.60. The fraction of sp³-hybridized carbons (Fsp3) is 0.500. The quantitative estimate of drug-likeness (QED) is 0.638. The Morgan fingerprint density at radius 1 is 1.83 bits per heavy atom. The Labute approximate surface area is 67.9 Å². The van der Waals surface area contributed by atoms with Crippen LogP contribution in [0.2, 0.25) is 4.73 Å². The van der Waals surface area contributed by atoms with E-state index in [4.69, 9.17) is 5.11 Å². The van der Waals surface area contributed by atoms with Crippen LogP contribution in [0.1, 0.15) is 0 Å². The first-order valence-electron chi connectivity index (χ1n) is 1.13. The van der Waals surface area contributed by atoms with E-state index in [-0.39, 0.29) is 32.0 Å². The number of carbonyl (C=O) groups is 1. The van der Waals surface area contributed by atoms with Crippen LogP contribution in [0.3, 0.4) is 0 Å². The summed E-state index contributed by atoms with van der Waals surface area (Å²) in [4.78, 5) is 9.37. The Morgan fingerprint density at radius 3 is 2.00 bits per heavy atom. The molecule has 0 aromatic rings. The van der Waals surface area contributed by atoms with Crippen molar-refractivity contribution in [1.29, 1.82) is 0 Å². The molecular formula is C2H5O2PbTi. The molecule has 0 aliphatic heterocycles. The maximum atomic E-state index is 9.37. The van der Waals surface area contributed by atoms with Crippen LogP contribution in [0.4, 0.5) is 0 Å². The SMILES string of the molecule is O=C(O)[CH2][Ti].[PbH2]. The molecular weight excluding hydrogens is 311 g/mol. The molecule has 2 radical (unpaired) electrons. The zero-order valence-corrected chi connectivity index (χ0v) is 10.3. The van der Waals surface area contributed by atoms with Gasteiger partial charge in [-0.05, 0) is 0 Å². The number of hydrogen-bond acceptors (Lipinski definition) is 1. The Balaban J connectivity index is 0. The van der Waals surface area contributed by atoms with E-state index in [1.807, 2.05) is 0 Å². The monoisotopic (exact) mass is 317 g/mol. The van der Waals surface area contributed by atoms with Gasteiger partial charge in [-0.1, -0.05) is 0 Å². The molecule has 1 N–H and O–H groups in total. The molecule has 0 saturated carbocycles. The summed E-state index contributed by atoms with van der Waals surface area (Å²) in [5.41, 5.74) is 0. The number of carboxylic acids is 1. The molecule has 0 unspecified atom stereocenters.